The molecule has 25 nitrogen and oxygen atoms in total. The van der Waals surface area contributed by atoms with Gasteiger partial charge in [0, 0.05) is 62.3 Å². The monoisotopic (exact) mass is 1200 g/mol. The van der Waals surface area contributed by atoms with Crippen molar-refractivity contribution in [3.63, 3.8) is 0 Å². The Bertz CT molecular complexity index is 2310. The molecular formula is C60H102N12O13. The summed E-state index contributed by atoms with van der Waals surface area (Å²) in [6.45, 7) is 9.64. The summed E-state index contributed by atoms with van der Waals surface area (Å²) in [5, 5.41) is 40.1. The lowest BCUT2D eigenvalue weighted by atomic mass is 9.89. The first-order chi connectivity index (χ1) is 40.3. The Balaban J connectivity index is 2.67. The molecule has 1 saturated heterocycles. The number of hydrogen-bond donors (Lipinski definition) is 14. The minimum atomic E-state index is -1.63. The molecule has 7 amide bonds. The Morgan fingerprint density at radius 2 is 1.18 bits per heavy atom. The van der Waals surface area contributed by atoms with Crippen LogP contribution in [-0.2, 0) is 59.2 Å². The number of carbonyl (C=O) groups excluding carboxylic acids is 11. The second-order valence-electron chi connectivity index (χ2n) is 23.3. The largest absolute Gasteiger partial charge is 0.391 e. The maximum absolute atomic E-state index is 14.6. The van der Waals surface area contributed by atoms with Gasteiger partial charge in [0.1, 0.15) is 30.0 Å². The standard InChI is InChI=1S/C60H102N12O13/c1-7-36(4)13-11-12-16-44(75)31-40(17-23-61)55(80)71-52(37(5)73)51(78)33-42(19-25-63)54(79)69-47-22-28-66-60(85)53(38(6)74)72-56(81)41(18-24-62)32-49(76)45(20-26-64)68-59(84)48(29-35(2)3)70-57(82)43(30-39-14-9-8-10-15-39)34-50(77)46(21-27-65)67-58(47)83/h8-10,14-15,35-38,40-43,45-48,52-53,73-74H,7,11-13,16-34,61-65H2,1-6H3,(H,66,85)(H,67,83)(H,68,84)(H,69,79)(H,70,82)(H,71,80)(H,72,81)/t36-,37+,38+,40+,41+,42+,43-,45-,46-,47-,48-,52-,53-/m0/s1. The number of ketones is 4. The summed E-state index contributed by atoms with van der Waals surface area (Å²) in [5.74, 6) is -12.0. The summed E-state index contributed by atoms with van der Waals surface area (Å²) in [4.78, 5) is 155. The summed E-state index contributed by atoms with van der Waals surface area (Å²) in [7, 11) is 0. The number of benzene rings is 1. The van der Waals surface area contributed by atoms with Crippen LogP contribution in [0.2, 0.25) is 0 Å². The van der Waals surface area contributed by atoms with Gasteiger partial charge >= 0.3 is 0 Å². The van der Waals surface area contributed by atoms with Gasteiger partial charge in [0.2, 0.25) is 41.4 Å². The molecule has 1 heterocycles. The number of nitrogens with two attached hydrogens (primary N) is 5. The fraction of sp³-hybridized carbons (Fsp3) is 0.717. The predicted molar refractivity (Wildman–Crippen MR) is 321 cm³/mol. The number of nitrogens with one attached hydrogen (secondary N) is 7. The zero-order valence-corrected chi connectivity index (χ0v) is 51.0. The fourth-order valence-corrected chi connectivity index (χ4v) is 10.2. The molecule has 1 aromatic rings. The molecule has 0 aromatic heterocycles. The predicted octanol–water partition coefficient (Wildman–Crippen LogP) is -0.882. The molecule has 19 N–H and O–H groups in total. The van der Waals surface area contributed by atoms with Crippen molar-refractivity contribution in [2.24, 2.45) is 64.2 Å². The number of rotatable bonds is 31. The van der Waals surface area contributed by atoms with E-state index in [1.165, 1.54) is 13.8 Å². The van der Waals surface area contributed by atoms with Gasteiger partial charge in [-0.05, 0) is 122 Å². The molecule has 1 fully saturated rings. The van der Waals surface area contributed by atoms with Gasteiger partial charge in [0.15, 0.2) is 17.3 Å². The normalized spacial score (nSPS) is 23.2. The van der Waals surface area contributed by atoms with E-state index in [2.05, 4.69) is 51.1 Å². The van der Waals surface area contributed by atoms with E-state index < -0.39 is 163 Å². The van der Waals surface area contributed by atoms with Crippen molar-refractivity contribution in [1.82, 2.24) is 37.2 Å². The van der Waals surface area contributed by atoms with Crippen LogP contribution in [0.1, 0.15) is 150 Å². The van der Waals surface area contributed by atoms with Gasteiger partial charge in [-0.15, -0.1) is 0 Å². The van der Waals surface area contributed by atoms with Crippen molar-refractivity contribution in [2.45, 2.75) is 199 Å². The number of carbonyl (C=O) groups is 11. The Morgan fingerprint density at radius 1 is 0.624 bits per heavy atom. The van der Waals surface area contributed by atoms with Crippen molar-refractivity contribution in [1.29, 1.82) is 0 Å². The molecule has 0 aliphatic carbocycles. The molecule has 0 saturated carbocycles. The van der Waals surface area contributed by atoms with Gasteiger partial charge in [-0.2, -0.15) is 0 Å². The van der Waals surface area contributed by atoms with Crippen molar-refractivity contribution >= 4 is 64.5 Å². The Hall–Kier alpha value is -6.09. The first-order valence-electron chi connectivity index (χ1n) is 30.4. The number of hydrogen-bond acceptors (Lipinski definition) is 18. The van der Waals surface area contributed by atoms with E-state index in [0.29, 0.717) is 17.9 Å². The lowest BCUT2D eigenvalue weighted by Crippen LogP contribution is -2.56. The molecule has 0 bridgehead atoms. The molecule has 25 heteroatoms. The van der Waals surface area contributed by atoms with Crippen LogP contribution in [0.15, 0.2) is 30.3 Å². The summed E-state index contributed by atoms with van der Waals surface area (Å²) in [6, 6.07) is 0.215. The minimum absolute atomic E-state index is 0.00990. The van der Waals surface area contributed by atoms with Gasteiger partial charge in [0.05, 0.1) is 24.3 Å². The first kappa shape index (κ1) is 75.0. The quantitative estimate of drug-likeness (QED) is 0.0401. The molecule has 13 atom stereocenters. The van der Waals surface area contributed by atoms with Crippen molar-refractivity contribution in [3.05, 3.63) is 35.9 Å². The summed E-state index contributed by atoms with van der Waals surface area (Å²) in [6.07, 6.45) is -1.43. The SMILES string of the molecule is CC[C@H](C)CCCCC(=O)C[C@@H](CCN)C(=O)N[C@H](C(=O)C[C@@H](CCN)C(=O)N[C@H]1CCNC(=O)[C@H]([C@@H](C)O)NC(=O)[C@H](CCN)CC(=O)[C@H](CCN)NC(=O)[C@H](CC(C)C)NC(=O)[C@@H](Cc2ccccc2)CC(=O)[C@H](CCN)NC1=O)[C@@H](C)O. The van der Waals surface area contributed by atoms with Crippen LogP contribution in [0, 0.1) is 35.5 Å². The molecule has 0 unspecified atom stereocenters. The molecule has 0 radical (unpaired) electrons. The highest BCUT2D eigenvalue weighted by Crippen LogP contribution is 2.21. The van der Waals surface area contributed by atoms with E-state index in [4.69, 9.17) is 28.7 Å². The number of aliphatic hydroxyl groups is 2. The summed E-state index contributed by atoms with van der Waals surface area (Å²) >= 11 is 0. The molecule has 1 aliphatic rings. The van der Waals surface area contributed by atoms with Gasteiger partial charge in [0.25, 0.3) is 0 Å². The molecule has 480 valence electrons. The van der Waals surface area contributed by atoms with E-state index >= 15 is 0 Å². The third-order valence-electron chi connectivity index (χ3n) is 15.5. The smallest absolute Gasteiger partial charge is 0.245 e. The lowest BCUT2D eigenvalue weighted by molar-refractivity contribution is -0.137. The summed E-state index contributed by atoms with van der Waals surface area (Å²) in [5.41, 5.74) is 30.3. The van der Waals surface area contributed by atoms with Crippen molar-refractivity contribution in [3.8, 4) is 0 Å². The second kappa shape index (κ2) is 40.3. The van der Waals surface area contributed by atoms with Crippen molar-refractivity contribution in [2.75, 3.05) is 39.3 Å². The van der Waals surface area contributed by atoms with Crippen LogP contribution in [0.4, 0.5) is 0 Å². The Labute approximate surface area is 501 Å². The maximum atomic E-state index is 14.6. The third kappa shape index (κ3) is 27.4. The van der Waals surface area contributed by atoms with Crippen molar-refractivity contribution < 1.29 is 63.0 Å². The van der Waals surface area contributed by atoms with Crippen LogP contribution in [0.5, 0.6) is 0 Å². The first-order valence-corrected chi connectivity index (χ1v) is 30.4. The zero-order valence-electron chi connectivity index (χ0n) is 51.0. The van der Waals surface area contributed by atoms with Crippen LogP contribution in [-0.4, -0.2) is 162 Å². The fourth-order valence-electron chi connectivity index (χ4n) is 10.2. The molecular weight excluding hydrogens is 1100 g/mol. The topological polar surface area (TPSA) is 443 Å². The van der Waals surface area contributed by atoms with E-state index in [1.54, 1.807) is 30.3 Å². The number of unbranched alkanes of at least 4 members (excludes halogenated alkanes) is 1. The molecule has 2 rings (SSSR count). The highest BCUT2D eigenvalue weighted by Gasteiger charge is 2.38. The highest BCUT2D eigenvalue weighted by atomic mass is 16.3. The minimum Gasteiger partial charge on any atom is -0.391 e. The van der Waals surface area contributed by atoms with Gasteiger partial charge in [-0.25, -0.2) is 0 Å². The van der Waals surface area contributed by atoms with Gasteiger partial charge in [-0.1, -0.05) is 77.3 Å². The number of Topliss-reactive ketones (excluding diaryl/α,β-unsaturated/α-hetero) is 4. The van der Waals surface area contributed by atoms with E-state index in [0.717, 1.165) is 19.3 Å². The Morgan fingerprint density at radius 3 is 1.72 bits per heavy atom. The van der Waals surface area contributed by atoms with Crippen LogP contribution in [0.3, 0.4) is 0 Å². The molecule has 0 spiro atoms. The highest BCUT2D eigenvalue weighted by molar-refractivity contribution is 5.99. The van der Waals surface area contributed by atoms with Crippen LogP contribution >= 0.6 is 0 Å². The second-order valence-corrected chi connectivity index (χ2v) is 23.3. The number of amides is 7. The summed E-state index contributed by atoms with van der Waals surface area (Å²) < 4.78 is 0. The number of aliphatic hydroxyl groups excluding tert-OH is 2. The van der Waals surface area contributed by atoms with Crippen LogP contribution < -0.4 is 65.9 Å². The van der Waals surface area contributed by atoms with Crippen LogP contribution in [0.25, 0.3) is 0 Å². The maximum Gasteiger partial charge on any atom is 0.245 e. The van der Waals surface area contributed by atoms with E-state index in [-0.39, 0.29) is 102 Å². The lowest BCUT2D eigenvalue weighted by Gasteiger charge is -2.28. The average molecular weight is 1200 g/mol. The van der Waals surface area contributed by atoms with Gasteiger partial charge in [-0.3, -0.25) is 52.7 Å². The zero-order chi connectivity index (χ0) is 63.8. The average Bonchev–Trinajstić information content (AvgIpc) is 3.67. The van der Waals surface area contributed by atoms with E-state index in [9.17, 15) is 63.0 Å². The van der Waals surface area contributed by atoms with E-state index in [1.807, 2.05) is 13.8 Å². The molecule has 1 aliphatic heterocycles. The molecule has 1 aromatic carbocycles. The Kier molecular flexibility index (Phi) is 35.6. The van der Waals surface area contributed by atoms with Gasteiger partial charge < -0.3 is 76.1 Å². The molecule has 85 heavy (non-hydrogen) atoms. The third-order valence-corrected chi connectivity index (χ3v) is 15.5.